The normalized spacial score (nSPS) is 19.4. The summed E-state index contributed by atoms with van der Waals surface area (Å²) in [7, 11) is 0. The first-order valence-electron chi connectivity index (χ1n) is 8.10. The van der Waals surface area contributed by atoms with Crippen LogP contribution in [-0.4, -0.2) is 59.9 Å². The number of carbonyl (C=O) groups is 2. The molecule has 122 valence electrons. The number of rotatable bonds is 7. The Balaban J connectivity index is 2.32. The van der Waals surface area contributed by atoms with Gasteiger partial charge in [-0.25, -0.2) is 0 Å². The standard InChI is InChI=1S/C16H31N3O2/c1-6-18(7-2)10-8-9-17-15(21)13-11-14(20)19(12-13)16(3,4)5/h13H,6-12H2,1-5H3,(H,17,21). The Bertz CT molecular complexity index is 359. The van der Waals surface area contributed by atoms with Gasteiger partial charge in [-0.2, -0.15) is 0 Å². The van der Waals surface area contributed by atoms with E-state index in [4.69, 9.17) is 0 Å². The minimum atomic E-state index is -0.200. The quantitative estimate of drug-likeness (QED) is 0.724. The molecule has 2 amide bonds. The zero-order valence-electron chi connectivity index (χ0n) is 14.2. The molecule has 0 aromatic carbocycles. The monoisotopic (exact) mass is 297 g/mol. The van der Waals surface area contributed by atoms with E-state index in [1.165, 1.54) is 0 Å². The van der Waals surface area contributed by atoms with Crippen LogP contribution in [0.15, 0.2) is 0 Å². The molecule has 1 fully saturated rings. The van der Waals surface area contributed by atoms with Gasteiger partial charge in [-0.1, -0.05) is 13.8 Å². The fraction of sp³-hybridized carbons (Fsp3) is 0.875. The van der Waals surface area contributed by atoms with Crippen LogP contribution >= 0.6 is 0 Å². The molecule has 0 aliphatic carbocycles. The summed E-state index contributed by atoms with van der Waals surface area (Å²) in [4.78, 5) is 28.3. The lowest BCUT2D eigenvalue weighted by Crippen LogP contribution is -2.43. The highest BCUT2D eigenvalue weighted by Gasteiger charge is 2.39. The van der Waals surface area contributed by atoms with Gasteiger partial charge in [-0.3, -0.25) is 9.59 Å². The molecule has 21 heavy (non-hydrogen) atoms. The van der Waals surface area contributed by atoms with Gasteiger partial charge in [0, 0.05) is 25.0 Å². The lowest BCUT2D eigenvalue weighted by Gasteiger charge is -2.31. The Morgan fingerprint density at radius 1 is 1.33 bits per heavy atom. The van der Waals surface area contributed by atoms with Crippen LogP contribution in [0.4, 0.5) is 0 Å². The van der Waals surface area contributed by atoms with Crippen LogP contribution in [0.1, 0.15) is 47.5 Å². The SMILES string of the molecule is CCN(CC)CCCNC(=O)C1CC(=O)N(C(C)(C)C)C1. The maximum Gasteiger partial charge on any atom is 0.225 e. The maximum absolute atomic E-state index is 12.1. The summed E-state index contributed by atoms with van der Waals surface area (Å²) in [5.74, 6) is -0.0781. The number of likely N-dealkylation sites (tertiary alicyclic amines) is 1. The number of amides is 2. The number of carbonyl (C=O) groups excluding carboxylic acids is 2. The molecule has 1 atom stereocenters. The van der Waals surface area contributed by atoms with Gasteiger partial charge in [0.2, 0.25) is 11.8 Å². The molecule has 0 aromatic heterocycles. The first-order valence-corrected chi connectivity index (χ1v) is 8.10. The highest BCUT2D eigenvalue weighted by atomic mass is 16.2. The van der Waals surface area contributed by atoms with E-state index >= 15 is 0 Å². The van der Waals surface area contributed by atoms with Gasteiger partial charge in [-0.05, 0) is 46.8 Å². The third-order valence-electron chi connectivity index (χ3n) is 4.15. The average molecular weight is 297 g/mol. The van der Waals surface area contributed by atoms with Gasteiger partial charge in [0.05, 0.1) is 5.92 Å². The van der Waals surface area contributed by atoms with Crippen LogP contribution in [0.5, 0.6) is 0 Å². The average Bonchev–Trinajstić information content (AvgIpc) is 2.81. The second kappa shape index (κ2) is 7.78. The van der Waals surface area contributed by atoms with E-state index in [2.05, 4.69) is 24.1 Å². The van der Waals surface area contributed by atoms with E-state index in [1.807, 2.05) is 25.7 Å². The van der Waals surface area contributed by atoms with Crippen molar-refractivity contribution in [2.75, 3.05) is 32.7 Å². The molecule has 1 rings (SSSR count). The van der Waals surface area contributed by atoms with Crippen molar-refractivity contribution >= 4 is 11.8 Å². The second-order valence-corrected chi connectivity index (χ2v) is 6.75. The van der Waals surface area contributed by atoms with E-state index in [-0.39, 0.29) is 23.3 Å². The Hall–Kier alpha value is -1.10. The van der Waals surface area contributed by atoms with Crippen molar-refractivity contribution in [2.24, 2.45) is 5.92 Å². The summed E-state index contributed by atoms with van der Waals surface area (Å²) in [6, 6.07) is 0. The molecule has 0 radical (unpaired) electrons. The van der Waals surface area contributed by atoms with E-state index in [0.29, 0.717) is 19.5 Å². The van der Waals surface area contributed by atoms with E-state index in [9.17, 15) is 9.59 Å². The molecular weight excluding hydrogens is 266 g/mol. The molecule has 0 spiro atoms. The van der Waals surface area contributed by atoms with Crippen LogP contribution in [0.3, 0.4) is 0 Å². The van der Waals surface area contributed by atoms with Crippen molar-refractivity contribution in [3.05, 3.63) is 0 Å². The molecule has 1 unspecified atom stereocenters. The van der Waals surface area contributed by atoms with Gasteiger partial charge < -0.3 is 15.1 Å². The minimum absolute atomic E-state index is 0.0228. The van der Waals surface area contributed by atoms with Crippen molar-refractivity contribution in [1.29, 1.82) is 0 Å². The highest BCUT2D eigenvalue weighted by Crippen LogP contribution is 2.25. The Morgan fingerprint density at radius 2 is 1.95 bits per heavy atom. The third kappa shape index (κ3) is 5.30. The number of hydrogen-bond acceptors (Lipinski definition) is 3. The Labute approximate surface area is 129 Å². The van der Waals surface area contributed by atoms with Crippen molar-refractivity contribution in [2.45, 2.75) is 53.0 Å². The molecular formula is C16H31N3O2. The smallest absolute Gasteiger partial charge is 0.225 e. The van der Waals surface area contributed by atoms with E-state index in [0.717, 1.165) is 26.1 Å². The van der Waals surface area contributed by atoms with Crippen molar-refractivity contribution in [3.8, 4) is 0 Å². The fourth-order valence-electron chi connectivity index (χ4n) is 2.73. The van der Waals surface area contributed by atoms with E-state index in [1.54, 1.807) is 0 Å². The second-order valence-electron chi connectivity index (χ2n) is 6.75. The summed E-state index contributed by atoms with van der Waals surface area (Å²) in [5.41, 5.74) is -0.200. The van der Waals surface area contributed by atoms with Gasteiger partial charge in [0.15, 0.2) is 0 Å². The van der Waals surface area contributed by atoms with Gasteiger partial charge >= 0.3 is 0 Å². The fourth-order valence-corrected chi connectivity index (χ4v) is 2.73. The van der Waals surface area contributed by atoms with Crippen molar-refractivity contribution in [1.82, 2.24) is 15.1 Å². The summed E-state index contributed by atoms with van der Waals surface area (Å²) in [5, 5.41) is 2.98. The summed E-state index contributed by atoms with van der Waals surface area (Å²) < 4.78 is 0. The Morgan fingerprint density at radius 3 is 2.43 bits per heavy atom. The molecule has 5 heteroatoms. The lowest BCUT2D eigenvalue weighted by molar-refractivity contribution is -0.132. The molecule has 0 saturated carbocycles. The first kappa shape index (κ1) is 18.0. The molecule has 1 saturated heterocycles. The zero-order chi connectivity index (χ0) is 16.0. The molecule has 1 aliphatic heterocycles. The van der Waals surface area contributed by atoms with Crippen molar-refractivity contribution < 1.29 is 9.59 Å². The van der Waals surface area contributed by atoms with Gasteiger partial charge in [0.1, 0.15) is 0 Å². The predicted octanol–water partition coefficient (Wildman–Crippen LogP) is 1.48. The van der Waals surface area contributed by atoms with Crippen LogP contribution in [0.2, 0.25) is 0 Å². The van der Waals surface area contributed by atoms with Crippen LogP contribution in [0.25, 0.3) is 0 Å². The van der Waals surface area contributed by atoms with Crippen molar-refractivity contribution in [3.63, 3.8) is 0 Å². The molecule has 1 N–H and O–H groups in total. The molecule has 1 aliphatic rings. The molecule has 0 bridgehead atoms. The lowest BCUT2D eigenvalue weighted by atomic mass is 10.1. The number of nitrogens with zero attached hydrogens (tertiary/aromatic N) is 2. The molecule has 5 nitrogen and oxygen atoms in total. The summed E-state index contributed by atoms with van der Waals surface area (Å²) >= 11 is 0. The van der Waals surface area contributed by atoms with E-state index < -0.39 is 0 Å². The number of hydrogen-bond donors (Lipinski definition) is 1. The van der Waals surface area contributed by atoms with Gasteiger partial charge in [0.25, 0.3) is 0 Å². The first-order chi connectivity index (χ1) is 9.79. The summed E-state index contributed by atoms with van der Waals surface area (Å²) in [6.45, 7) is 14.6. The third-order valence-corrected chi connectivity index (χ3v) is 4.15. The largest absolute Gasteiger partial charge is 0.356 e. The molecule has 1 heterocycles. The number of nitrogens with one attached hydrogen (secondary N) is 1. The summed E-state index contributed by atoms with van der Waals surface area (Å²) in [6.07, 6.45) is 1.30. The minimum Gasteiger partial charge on any atom is -0.356 e. The van der Waals surface area contributed by atoms with Crippen LogP contribution < -0.4 is 5.32 Å². The van der Waals surface area contributed by atoms with Crippen LogP contribution in [-0.2, 0) is 9.59 Å². The topological polar surface area (TPSA) is 52.7 Å². The maximum atomic E-state index is 12.1. The van der Waals surface area contributed by atoms with Gasteiger partial charge in [-0.15, -0.1) is 0 Å². The molecule has 0 aromatic rings. The predicted molar refractivity (Wildman–Crippen MR) is 85.0 cm³/mol. The Kier molecular flexibility index (Phi) is 6.65. The van der Waals surface area contributed by atoms with Crippen LogP contribution in [0, 0.1) is 5.92 Å². The highest BCUT2D eigenvalue weighted by molar-refractivity contribution is 5.89. The zero-order valence-corrected chi connectivity index (χ0v) is 14.2.